The molecule has 0 bridgehead atoms. The number of fused-ring (bicyclic) bond motifs is 1. The van der Waals surface area contributed by atoms with Gasteiger partial charge in [0.1, 0.15) is 0 Å². The van der Waals surface area contributed by atoms with Gasteiger partial charge in [-0.3, -0.25) is 14.3 Å². The monoisotopic (exact) mass is 566 g/mol. The van der Waals surface area contributed by atoms with Crippen LogP contribution >= 0.6 is 0 Å². The molecule has 2 amide bonds. The van der Waals surface area contributed by atoms with Crippen molar-refractivity contribution >= 4 is 34.0 Å². The number of anilines is 1. The molecule has 41 heavy (non-hydrogen) atoms. The van der Waals surface area contributed by atoms with E-state index >= 15 is 0 Å². The molecule has 3 heterocycles. The number of alkyl halides is 3. The van der Waals surface area contributed by atoms with Gasteiger partial charge in [-0.25, -0.2) is 0 Å². The van der Waals surface area contributed by atoms with Gasteiger partial charge < -0.3 is 19.5 Å². The lowest BCUT2D eigenvalue weighted by molar-refractivity contribution is -0.137. The van der Waals surface area contributed by atoms with E-state index in [0.29, 0.717) is 54.7 Å². The van der Waals surface area contributed by atoms with Crippen LogP contribution < -0.4 is 5.32 Å². The molecule has 0 unspecified atom stereocenters. The minimum absolute atomic E-state index is 0.00927. The molecule has 2 aromatic carbocycles. The van der Waals surface area contributed by atoms with Crippen molar-refractivity contribution in [3.8, 4) is 0 Å². The molecule has 2 aromatic heterocycles. The summed E-state index contributed by atoms with van der Waals surface area (Å²) >= 11 is 0. The molecule has 0 aliphatic carbocycles. The van der Waals surface area contributed by atoms with Crippen LogP contribution in [-0.4, -0.2) is 63.8 Å². The first-order valence-electron chi connectivity index (χ1n) is 13.1. The number of nitrogens with one attached hydrogen (secondary N) is 1. The molecule has 5 rings (SSSR count). The Kier molecular flexibility index (Phi) is 7.82. The molecule has 214 valence electrons. The maximum atomic E-state index is 13.0. The second kappa shape index (κ2) is 11.5. The molecule has 12 heteroatoms. The van der Waals surface area contributed by atoms with Gasteiger partial charge in [-0.05, 0) is 53.5 Å². The van der Waals surface area contributed by atoms with Crippen LogP contribution in [0.15, 0.2) is 65.4 Å². The predicted octanol–water partition coefficient (Wildman–Crippen LogP) is 5.06. The predicted molar refractivity (Wildman–Crippen MR) is 147 cm³/mol. The van der Waals surface area contributed by atoms with Gasteiger partial charge in [-0.2, -0.15) is 13.2 Å². The van der Waals surface area contributed by atoms with Crippen LogP contribution in [0.4, 0.5) is 18.9 Å². The number of furan rings is 1. The number of nitrogens with zero attached hydrogens (tertiary/aromatic N) is 5. The van der Waals surface area contributed by atoms with Gasteiger partial charge in [-0.15, -0.1) is 5.10 Å². The van der Waals surface area contributed by atoms with Crippen LogP contribution in [0.25, 0.3) is 16.5 Å². The molecule has 0 spiro atoms. The quantitative estimate of drug-likeness (QED) is 0.320. The van der Waals surface area contributed by atoms with Gasteiger partial charge in [0.25, 0.3) is 5.91 Å². The maximum absolute atomic E-state index is 13.0. The molecule has 1 aliphatic heterocycles. The van der Waals surface area contributed by atoms with Crippen LogP contribution in [0.1, 0.15) is 40.1 Å². The van der Waals surface area contributed by atoms with Crippen molar-refractivity contribution < 1.29 is 27.2 Å². The van der Waals surface area contributed by atoms with E-state index in [1.807, 2.05) is 17.0 Å². The molecule has 0 radical (unpaired) electrons. The van der Waals surface area contributed by atoms with Crippen LogP contribution in [0.5, 0.6) is 0 Å². The fraction of sp³-hybridized carbons (Fsp3) is 0.310. The first-order chi connectivity index (χ1) is 19.6. The van der Waals surface area contributed by atoms with Gasteiger partial charge in [-0.1, -0.05) is 23.4 Å². The summed E-state index contributed by atoms with van der Waals surface area (Å²) in [4.78, 5) is 28.8. The van der Waals surface area contributed by atoms with E-state index in [0.717, 1.165) is 23.3 Å². The second-order valence-electron chi connectivity index (χ2n) is 10.1. The van der Waals surface area contributed by atoms with Crippen LogP contribution in [0, 0.1) is 0 Å². The van der Waals surface area contributed by atoms with Crippen LogP contribution in [-0.2, 0) is 24.1 Å². The summed E-state index contributed by atoms with van der Waals surface area (Å²) in [5, 5.41) is 11.6. The van der Waals surface area contributed by atoms with Gasteiger partial charge >= 0.3 is 6.18 Å². The Morgan fingerprint density at radius 1 is 1.12 bits per heavy atom. The number of hydrogen-bond donors (Lipinski definition) is 1. The third kappa shape index (κ3) is 6.42. The van der Waals surface area contributed by atoms with E-state index in [1.165, 1.54) is 17.0 Å². The summed E-state index contributed by atoms with van der Waals surface area (Å²) in [5.74, 6) is -0.116. The third-order valence-electron chi connectivity index (χ3n) is 6.90. The highest BCUT2D eigenvalue weighted by atomic mass is 19.4. The van der Waals surface area contributed by atoms with E-state index in [2.05, 4.69) is 21.7 Å². The molecule has 1 aliphatic rings. The van der Waals surface area contributed by atoms with E-state index < -0.39 is 11.7 Å². The molecule has 9 nitrogen and oxygen atoms in total. The Morgan fingerprint density at radius 3 is 2.59 bits per heavy atom. The lowest BCUT2D eigenvalue weighted by Gasteiger charge is -2.28. The normalized spacial score (nSPS) is 13.8. The topological polar surface area (TPSA) is 96.5 Å². The van der Waals surface area contributed by atoms with E-state index in [4.69, 9.17) is 4.42 Å². The van der Waals surface area contributed by atoms with Gasteiger partial charge in [0.05, 0.1) is 24.0 Å². The second-order valence-corrected chi connectivity index (χ2v) is 10.1. The number of aromatic nitrogens is 3. The van der Waals surface area contributed by atoms with E-state index in [-0.39, 0.29) is 24.1 Å². The van der Waals surface area contributed by atoms with Crippen molar-refractivity contribution in [3.63, 3.8) is 0 Å². The molecule has 0 fully saturated rings. The van der Waals surface area contributed by atoms with Crippen molar-refractivity contribution in [2.24, 2.45) is 0 Å². The van der Waals surface area contributed by atoms with Gasteiger partial charge in [0.2, 0.25) is 5.91 Å². The minimum Gasteiger partial charge on any atom is -0.449 e. The number of halogens is 3. The first kappa shape index (κ1) is 27.9. The number of aryl methyl sites for hydroxylation is 1. The molecular weight excluding hydrogens is 537 g/mol. The van der Waals surface area contributed by atoms with Crippen molar-refractivity contribution in [2.45, 2.75) is 32.1 Å². The maximum Gasteiger partial charge on any atom is 0.416 e. The number of carbonyl (C=O) groups excluding carboxylic acids is 2. The highest BCUT2D eigenvalue weighted by Crippen LogP contribution is 2.34. The number of amides is 2. The molecule has 0 saturated carbocycles. The number of rotatable bonds is 8. The van der Waals surface area contributed by atoms with Crippen molar-refractivity contribution in [1.29, 1.82) is 0 Å². The Labute approximate surface area is 234 Å². The fourth-order valence-electron chi connectivity index (χ4n) is 4.69. The van der Waals surface area contributed by atoms with Crippen LogP contribution in [0.2, 0.25) is 0 Å². The van der Waals surface area contributed by atoms with Crippen LogP contribution in [0.3, 0.4) is 0 Å². The summed E-state index contributed by atoms with van der Waals surface area (Å²) in [7, 11) is 3.26. The fourth-order valence-corrected chi connectivity index (χ4v) is 4.69. The largest absolute Gasteiger partial charge is 0.449 e. The lowest BCUT2D eigenvalue weighted by atomic mass is 9.98. The molecule has 0 atom stereocenters. The molecule has 1 N–H and O–H groups in total. The SMILES string of the molecule is CN(C)C(=O)c1cc2cc(C3=CCCN(C(=O)CCn4ccnn4)C3)cc(NCc3ccc(C(F)(F)F)cc3)c2o1. The number of benzene rings is 2. The molecular formula is C29H29F3N6O3. The summed E-state index contributed by atoms with van der Waals surface area (Å²) < 4.78 is 46.5. The third-order valence-corrected chi connectivity index (χ3v) is 6.90. The Hall–Kier alpha value is -4.61. The zero-order valence-corrected chi connectivity index (χ0v) is 22.6. The summed E-state index contributed by atoms with van der Waals surface area (Å²) in [6.07, 6.45) is 1.95. The molecule has 4 aromatic rings. The number of carbonyl (C=O) groups is 2. The zero-order valence-electron chi connectivity index (χ0n) is 22.6. The van der Waals surface area contributed by atoms with Crippen molar-refractivity contribution in [1.82, 2.24) is 24.8 Å². The lowest BCUT2D eigenvalue weighted by Crippen LogP contribution is -2.36. The van der Waals surface area contributed by atoms with E-state index in [9.17, 15) is 22.8 Å². The zero-order chi connectivity index (χ0) is 29.1. The Morgan fingerprint density at radius 2 is 1.90 bits per heavy atom. The summed E-state index contributed by atoms with van der Waals surface area (Å²) in [6, 6.07) is 10.4. The standard InChI is InChI=1S/C29H29F3N6O3/c1-36(2)28(40)25-16-22-14-21(20-4-3-11-37(18-20)26(39)9-12-38-13-10-34-35-38)15-24(27(22)41-25)33-17-19-5-7-23(8-6-19)29(30,31)32/h4-8,10,13-16,33H,3,9,11-12,17-18H2,1-2H3. The molecule has 0 saturated heterocycles. The van der Waals surface area contributed by atoms with Crippen molar-refractivity contribution in [3.05, 3.63) is 83.4 Å². The highest BCUT2D eigenvalue weighted by Gasteiger charge is 2.30. The number of hydrogen-bond acceptors (Lipinski definition) is 6. The van der Waals surface area contributed by atoms with Crippen molar-refractivity contribution in [2.75, 3.05) is 32.5 Å². The average Bonchev–Trinajstić information content (AvgIpc) is 3.64. The van der Waals surface area contributed by atoms with Gasteiger partial charge in [0.15, 0.2) is 11.3 Å². The summed E-state index contributed by atoms with van der Waals surface area (Å²) in [5.41, 5.74) is 2.79. The average molecular weight is 567 g/mol. The first-order valence-corrected chi connectivity index (χ1v) is 13.1. The Bertz CT molecular complexity index is 1570. The van der Waals surface area contributed by atoms with Gasteiger partial charge in [0, 0.05) is 51.7 Å². The minimum atomic E-state index is -4.41. The smallest absolute Gasteiger partial charge is 0.416 e. The Balaban J connectivity index is 1.40. The van der Waals surface area contributed by atoms with E-state index in [1.54, 1.807) is 37.2 Å². The summed E-state index contributed by atoms with van der Waals surface area (Å²) in [6.45, 7) is 1.70. The highest BCUT2D eigenvalue weighted by molar-refractivity contribution is 6.00.